The number of nitrogens with two attached hydrogens (primary N) is 1. The van der Waals surface area contributed by atoms with Crippen LogP contribution in [0.4, 0.5) is 5.82 Å². The fraction of sp³-hybridized carbons (Fsp3) is 0.455. The first-order valence-corrected chi connectivity index (χ1v) is 5.91. The zero-order chi connectivity index (χ0) is 12.4. The second-order valence-corrected chi connectivity index (χ2v) is 4.85. The Kier molecular flexibility index (Phi) is 3.49. The highest BCUT2D eigenvalue weighted by Crippen LogP contribution is 2.26. The molecule has 17 heavy (non-hydrogen) atoms. The Bertz CT molecular complexity index is 431. The quantitative estimate of drug-likeness (QED) is 0.565. The Balaban J connectivity index is 2.01. The number of hydrazine groups is 1. The molecule has 0 aromatic carbocycles. The summed E-state index contributed by atoms with van der Waals surface area (Å²) < 4.78 is 0. The lowest BCUT2D eigenvalue weighted by atomic mass is 9.82. The van der Waals surface area contributed by atoms with Crippen LogP contribution in [0.15, 0.2) is 12.3 Å². The van der Waals surface area contributed by atoms with Crippen molar-refractivity contribution in [1.29, 1.82) is 0 Å². The first-order chi connectivity index (χ1) is 8.10. The fourth-order valence-corrected chi connectivity index (χ4v) is 2.18. The molecule has 1 aliphatic carbocycles. The van der Waals surface area contributed by atoms with Crippen molar-refractivity contribution in [1.82, 2.24) is 10.3 Å². The second-order valence-electron chi connectivity index (χ2n) is 4.45. The maximum absolute atomic E-state index is 11.8. The van der Waals surface area contributed by atoms with Crippen molar-refractivity contribution in [2.24, 2.45) is 11.8 Å². The van der Waals surface area contributed by atoms with Gasteiger partial charge < -0.3 is 10.7 Å². The van der Waals surface area contributed by atoms with Crippen molar-refractivity contribution in [2.45, 2.75) is 25.8 Å². The minimum absolute atomic E-state index is 0.139. The number of hydrogen-bond acceptors (Lipinski definition) is 4. The maximum atomic E-state index is 11.8. The molecule has 0 aliphatic heterocycles. The molecule has 1 heterocycles. The minimum Gasteiger partial charge on any atom is -0.349 e. The van der Waals surface area contributed by atoms with Crippen molar-refractivity contribution < 1.29 is 4.79 Å². The van der Waals surface area contributed by atoms with E-state index in [0.29, 0.717) is 22.3 Å². The number of carbonyl (C=O) groups is 1. The molecular weight excluding hydrogens is 240 g/mol. The predicted molar refractivity (Wildman–Crippen MR) is 66.7 cm³/mol. The molecule has 0 atom stereocenters. The lowest BCUT2D eigenvalue weighted by molar-refractivity contribution is 0.0895. The highest BCUT2D eigenvalue weighted by atomic mass is 35.5. The molecule has 1 aliphatic rings. The Morgan fingerprint density at radius 2 is 2.29 bits per heavy atom. The van der Waals surface area contributed by atoms with Gasteiger partial charge in [-0.25, -0.2) is 10.8 Å². The Hall–Kier alpha value is -1.33. The SMILES string of the molecule is CC1CC(NC(=O)c2cnc(NN)c(Cl)c2)C1. The number of rotatable bonds is 3. The third-order valence-electron chi connectivity index (χ3n) is 2.95. The van der Waals surface area contributed by atoms with Gasteiger partial charge in [-0.2, -0.15) is 0 Å². The average Bonchev–Trinajstić information content (AvgIpc) is 2.26. The molecule has 4 N–H and O–H groups in total. The van der Waals surface area contributed by atoms with Gasteiger partial charge in [-0.1, -0.05) is 18.5 Å². The summed E-state index contributed by atoms with van der Waals surface area (Å²) in [6, 6.07) is 1.84. The summed E-state index contributed by atoms with van der Waals surface area (Å²) in [7, 11) is 0. The number of hydrogen-bond donors (Lipinski definition) is 3. The van der Waals surface area contributed by atoms with Crippen molar-refractivity contribution in [3.05, 3.63) is 22.8 Å². The van der Waals surface area contributed by atoms with E-state index in [0.717, 1.165) is 12.8 Å². The van der Waals surface area contributed by atoms with Crippen molar-refractivity contribution in [2.75, 3.05) is 5.43 Å². The standard InChI is InChI=1S/C11H15ClN4O/c1-6-2-8(3-6)15-11(17)7-4-9(12)10(16-13)14-5-7/h4-6,8H,2-3,13H2,1H3,(H,14,16)(H,15,17). The molecule has 6 heteroatoms. The molecule has 0 unspecified atom stereocenters. The third kappa shape index (κ3) is 2.68. The number of halogens is 1. The Labute approximate surface area is 105 Å². The van der Waals surface area contributed by atoms with Crippen LogP contribution in [0.5, 0.6) is 0 Å². The first kappa shape index (κ1) is 12.1. The number of pyridine rings is 1. The lowest BCUT2D eigenvalue weighted by Gasteiger charge is -2.33. The van der Waals surface area contributed by atoms with Crippen LogP contribution in [0.1, 0.15) is 30.1 Å². The van der Waals surface area contributed by atoms with E-state index in [1.165, 1.54) is 6.20 Å². The van der Waals surface area contributed by atoms with Gasteiger partial charge in [0.15, 0.2) is 5.82 Å². The number of nitrogen functional groups attached to an aromatic ring is 1. The summed E-state index contributed by atoms with van der Waals surface area (Å²) in [6.45, 7) is 2.17. The van der Waals surface area contributed by atoms with Crippen LogP contribution in [0, 0.1) is 5.92 Å². The lowest BCUT2D eigenvalue weighted by Crippen LogP contribution is -2.43. The molecule has 2 rings (SSSR count). The number of nitrogens with zero attached hydrogens (tertiary/aromatic N) is 1. The van der Waals surface area contributed by atoms with Crippen molar-refractivity contribution in [3.8, 4) is 0 Å². The van der Waals surface area contributed by atoms with Crippen LogP contribution in [0.25, 0.3) is 0 Å². The summed E-state index contributed by atoms with van der Waals surface area (Å²) in [5.74, 6) is 6.13. The smallest absolute Gasteiger partial charge is 0.253 e. The Morgan fingerprint density at radius 3 is 2.82 bits per heavy atom. The molecule has 1 aromatic heterocycles. The number of aromatic nitrogens is 1. The zero-order valence-corrected chi connectivity index (χ0v) is 10.3. The molecule has 0 spiro atoms. The number of anilines is 1. The van der Waals surface area contributed by atoms with Gasteiger partial charge in [0.25, 0.3) is 5.91 Å². The van der Waals surface area contributed by atoms with Gasteiger partial charge in [-0.15, -0.1) is 0 Å². The Morgan fingerprint density at radius 1 is 1.59 bits per heavy atom. The second kappa shape index (κ2) is 4.89. The molecule has 1 amide bonds. The third-order valence-corrected chi connectivity index (χ3v) is 3.24. The molecule has 5 nitrogen and oxygen atoms in total. The number of nitrogens with one attached hydrogen (secondary N) is 2. The summed E-state index contributed by atoms with van der Waals surface area (Å²) in [4.78, 5) is 15.8. The van der Waals surface area contributed by atoms with Gasteiger partial charge in [0.1, 0.15) is 0 Å². The van der Waals surface area contributed by atoms with Crippen LogP contribution in [0.2, 0.25) is 5.02 Å². The normalized spacial score (nSPS) is 22.8. The zero-order valence-electron chi connectivity index (χ0n) is 9.53. The van der Waals surface area contributed by atoms with Gasteiger partial charge in [0.05, 0.1) is 10.6 Å². The topological polar surface area (TPSA) is 80.0 Å². The van der Waals surface area contributed by atoms with Crippen molar-refractivity contribution in [3.63, 3.8) is 0 Å². The van der Waals surface area contributed by atoms with E-state index in [-0.39, 0.29) is 11.9 Å². The van der Waals surface area contributed by atoms with Crippen LogP contribution >= 0.6 is 11.6 Å². The van der Waals surface area contributed by atoms with Gasteiger partial charge in [0, 0.05) is 12.2 Å². The van der Waals surface area contributed by atoms with Gasteiger partial charge in [-0.3, -0.25) is 4.79 Å². The average molecular weight is 255 g/mol. The van der Waals surface area contributed by atoms with Gasteiger partial charge >= 0.3 is 0 Å². The summed E-state index contributed by atoms with van der Waals surface area (Å²) in [5.41, 5.74) is 2.81. The monoisotopic (exact) mass is 254 g/mol. The van der Waals surface area contributed by atoms with E-state index in [1.54, 1.807) is 6.07 Å². The number of amides is 1. The van der Waals surface area contributed by atoms with Crippen LogP contribution in [0.3, 0.4) is 0 Å². The van der Waals surface area contributed by atoms with Gasteiger partial charge in [-0.05, 0) is 24.8 Å². The van der Waals surface area contributed by atoms with E-state index in [4.69, 9.17) is 17.4 Å². The molecule has 0 radical (unpaired) electrons. The molecule has 0 bridgehead atoms. The molecule has 1 saturated carbocycles. The van der Waals surface area contributed by atoms with E-state index in [2.05, 4.69) is 22.7 Å². The number of carbonyl (C=O) groups excluding carboxylic acids is 1. The fourth-order valence-electron chi connectivity index (χ4n) is 1.96. The van der Waals surface area contributed by atoms with Crippen LogP contribution in [-0.4, -0.2) is 16.9 Å². The largest absolute Gasteiger partial charge is 0.349 e. The van der Waals surface area contributed by atoms with E-state index in [1.807, 2.05) is 0 Å². The summed E-state index contributed by atoms with van der Waals surface area (Å²) in [6.07, 6.45) is 3.53. The highest BCUT2D eigenvalue weighted by molar-refractivity contribution is 6.33. The van der Waals surface area contributed by atoms with Crippen LogP contribution < -0.4 is 16.6 Å². The molecule has 1 fully saturated rings. The molecule has 0 saturated heterocycles. The molecule has 92 valence electrons. The van der Waals surface area contributed by atoms with Gasteiger partial charge in [0.2, 0.25) is 0 Å². The van der Waals surface area contributed by atoms with Crippen LogP contribution in [-0.2, 0) is 0 Å². The molecular formula is C11H15ClN4O. The minimum atomic E-state index is -0.139. The van der Waals surface area contributed by atoms with E-state index in [9.17, 15) is 4.79 Å². The summed E-state index contributed by atoms with van der Waals surface area (Å²) in [5, 5.41) is 3.27. The van der Waals surface area contributed by atoms with E-state index >= 15 is 0 Å². The van der Waals surface area contributed by atoms with E-state index < -0.39 is 0 Å². The maximum Gasteiger partial charge on any atom is 0.253 e. The predicted octanol–water partition coefficient (Wildman–Crippen LogP) is 1.55. The summed E-state index contributed by atoms with van der Waals surface area (Å²) >= 11 is 5.90. The van der Waals surface area contributed by atoms with Crippen molar-refractivity contribution >= 4 is 23.3 Å². The first-order valence-electron chi connectivity index (χ1n) is 5.53. The molecule has 1 aromatic rings. The highest BCUT2D eigenvalue weighted by Gasteiger charge is 2.27.